The van der Waals surface area contributed by atoms with Crippen molar-refractivity contribution in [1.82, 2.24) is 19.9 Å². The lowest BCUT2D eigenvalue weighted by molar-refractivity contribution is 0.204. The lowest BCUT2D eigenvalue weighted by atomic mass is 9.67. The molecule has 0 unspecified atom stereocenters. The normalized spacial score (nSPS) is 12.3. The first-order valence-electron chi connectivity index (χ1n) is 16.4. The third kappa shape index (κ3) is 5.88. The predicted molar refractivity (Wildman–Crippen MR) is 196 cm³/mol. The Morgan fingerprint density at radius 2 is 0.542 bits per heavy atom. The number of benzene rings is 4. The van der Waals surface area contributed by atoms with Gasteiger partial charge in [0.25, 0.3) is 0 Å². The smallest absolute Gasteiger partial charge is 0.0705 e. The number of fused-ring (bicyclic) bond motifs is 4. The Morgan fingerprint density at radius 3 is 0.792 bits per heavy atom. The van der Waals surface area contributed by atoms with Crippen LogP contribution in [0.1, 0.15) is 22.8 Å². The predicted octanol–water partition coefficient (Wildman–Crippen LogP) is 7.55. The van der Waals surface area contributed by atoms with Crippen molar-refractivity contribution in [1.29, 1.82) is 0 Å². The van der Waals surface area contributed by atoms with Crippen LogP contribution in [-0.2, 0) is 25.7 Å². The molecule has 0 fully saturated rings. The fourth-order valence-electron chi connectivity index (χ4n) is 6.95. The summed E-state index contributed by atoms with van der Waals surface area (Å²) in [7, 11) is 0. The van der Waals surface area contributed by atoms with E-state index in [-0.39, 0.29) is 0 Å². The molecule has 0 saturated heterocycles. The SMILES string of the molecule is NC(Cc1ccc2ccccc2n1)(Cc1ccc2ccccc2n1)C(N)(Cc1ccc2ccccc2n1)Cc1ccc2ccccc2n1. The first-order valence-corrected chi connectivity index (χ1v) is 16.4. The average Bonchev–Trinajstić information content (AvgIpc) is 3.11. The zero-order valence-electron chi connectivity index (χ0n) is 26.6. The number of nitrogens with zero attached hydrogens (tertiary/aromatic N) is 4. The number of hydrogen-bond donors (Lipinski definition) is 2. The maximum Gasteiger partial charge on any atom is 0.0705 e. The molecule has 8 aromatic rings. The van der Waals surface area contributed by atoms with Crippen molar-refractivity contribution in [2.45, 2.75) is 36.8 Å². The van der Waals surface area contributed by atoms with E-state index in [2.05, 4.69) is 72.8 Å². The van der Waals surface area contributed by atoms with Gasteiger partial charge in [-0.25, -0.2) is 0 Å². The maximum atomic E-state index is 7.79. The number of rotatable bonds is 9. The second kappa shape index (κ2) is 12.2. The molecule has 234 valence electrons. The van der Waals surface area contributed by atoms with Crippen LogP contribution in [0, 0.1) is 0 Å². The van der Waals surface area contributed by atoms with Crippen molar-refractivity contribution < 1.29 is 0 Å². The van der Waals surface area contributed by atoms with Crippen molar-refractivity contribution in [2.75, 3.05) is 0 Å². The van der Waals surface area contributed by atoms with Crippen LogP contribution in [0.3, 0.4) is 0 Å². The Labute approximate surface area is 279 Å². The van der Waals surface area contributed by atoms with E-state index in [4.69, 9.17) is 31.4 Å². The molecule has 0 saturated carbocycles. The quantitative estimate of drug-likeness (QED) is 0.172. The number of aromatic nitrogens is 4. The van der Waals surface area contributed by atoms with E-state index in [1.165, 1.54) is 0 Å². The molecule has 48 heavy (non-hydrogen) atoms. The lowest BCUT2D eigenvalue weighted by Gasteiger charge is -2.46. The second-order valence-corrected chi connectivity index (χ2v) is 13.0. The molecule has 6 heteroatoms. The highest BCUT2D eigenvalue weighted by molar-refractivity contribution is 5.80. The Morgan fingerprint density at radius 1 is 0.312 bits per heavy atom. The van der Waals surface area contributed by atoms with E-state index in [1.807, 2.05) is 72.8 Å². The molecule has 6 nitrogen and oxygen atoms in total. The summed E-state index contributed by atoms with van der Waals surface area (Å²) in [4.78, 5) is 20.3. The molecule has 0 atom stereocenters. The molecule has 8 rings (SSSR count). The van der Waals surface area contributed by atoms with Crippen LogP contribution in [0.15, 0.2) is 146 Å². The van der Waals surface area contributed by atoms with Gasteiger partial charge in [-0.3, -0.25) is 19.9 Å². The van der Waals surface area contributed by atoms with Gasteiger partial charge in [0.15, 0.2) is 0 Å². The van der Waals surface area contributed by atoms with Crippen LogP contribution in [0.4, 0.5) is 0 Å². The highest BCUT2D eigenvalue weighted by atomic mass is 15.0. The Kier molecular flexibility index (Phi) is 7.60. The van der Waals surface area contributed by atoms with Crippen molar-refractivity contribution >= 4 is 43.6 Å². The highest BCUT2D eigenvalue weighted by Crippen LogP contribution is 2.33. The molecular formula is C42H36N6. The molecule has 0 bridgehead atoms. The molecule has 0 aliphatic carbocycles. The van der Waals surface area contributed by atoms with Crippen LogP contribution in [0.5, 0.6) is 0 Å². The molecule has 4 heterocycles. The van der Waals surface area contributed by atoms with E-state index in [9.17, 15) is 0 Å². The summed E-state index contributed by atoms with van der Waals surface area (Å²) in [5.41, 5.74) is 20.8. The molecule has 0 aliphatic heterocycles. The summed E-state index contributed by atoms with van der Waals surface area (Å²) in [6.45, 7) is 0. The van der Waals surface area contributed by atoms with Crippen LogP contribution in [0.25, 0.3) is 43.6 Å². The minimum atomic E-state index is -1.00. The van der Waals surface area contributed by atoms with Gasteiger partial charge in [-0.15, -0.1) is 0 Å². The fraction of sp³-hybridized carbons (Fsp3) is 0.143. The van der Waals surface area contributed by atoms with E-state index in [0.29, 0.717) is 25.7 Å². The zero-order valence-corrected chi connectivity index (χ0v) is 26.6. The van der Waals surface area contributed by atoms with Gasteiger partial charge in [0.2, 0.25) is 0 Å². The van der Waals surface area contributed by atoms with Gasteiger partial charge in [0.05, 0.1) is 22.1 Å². The molecule has 0 amide bonds. The summed E-state index contributed by atoms with van der Waals surface area (Å²) in [5, 5.41) is 4.33. The Balaban J connectivity index is 1.27. The number of nitrogens with two attached hydrogens (primary N) is 2. The van der Waals surface area contributed by atoms with Crippen molar-refractivity contribution in [3.8, 4) is 0 Å². The summed E-state index contributed by atoms with van der Waals surface area (Å²) in [5.74, 6) is 0. The summed E-state index contributed by atoms with van der Waals surface area (Å²) in [6, 6.07) is 49.3. The summed E-state index contributed by atoms with van der Waals surface area (Å²) < 4.78 is 0. The summed E-state index contributed by atoms with van der Waals surface area (Å²) >= 11 is 0. The number of pyridine rings is 4. The standard InChI is InChI=1S/C42H36N6/c43-41(25-33-21-17-29-9-1-5-13-37(29)45-33,26-34-22-18-30-10-2-6-14-38(30)46-34)42(44,27-35-23-19-31-11-3-7-15-39(31)47-35)28-36-24-20-32-12-4-8-16-40(32)48-36/h1-24H,25-28,43-44H2. The first kappa shape index (κ1) is 29.8. The molecule has 0 radical (unpaired) electrons. The lowest BCUT2D eigenvalue weighted by Crippen LogP contribution is -2.70. The fourth-order valence-corrected chi connectivity index (χ4v) is 6.95. The highest BCUT2D eigenvalue weighted by Gasteiger charge is 2.47. The molecule has 0 spiro atoms. The molecule has 4 aromatic carbocycles. The monoisotopic (exact) mass is 624 g/mol. The van der Waals surface area contributed by atoms with E-state index >= 15 is 0 Å². The van der Waals surface area contributed by atoms with E-state index in [1.54, 1.807) is 0 Å². The van der Waals surface area contributed by atoms with Gasteiger partial charge >= 0.3 is 0 Å². The minimum Gasteiger partial charge on any atom is -0.323 e. The van der Waals surface area contributed by atoms with Crippen molar-refractivity contribution in [3.05, 3.63) is 168 Å². The molecule has 4 N–H and O–H groups in total. The Bertz CT molecular complexity index is 2090. The van der Waals surface area contributed by atoms with E-state index in [0.717, 1.165) is 66.4 Å². The van der Waals surface area contributed by atoms with Gasteiger partial charge < -0.3 is 11.5 Å². The van der Waals surface area contributed by atoms with Crippen LogP contribution >= 0.6 is 0 Å². The average molecular weight is 625 g/mol. The van der Waals surface area contributed by atoms with Gasteiger partial charge in [-0.2, -0.15) is 0 Å². The van der Waals surface area contributed by atoms with Gasteiger partial charge in [-0.05, 0) is 48.5 Å². The van der Waals surface area contributed by atoms with Crippen LogP contribution in [0.2, 0.25) is 0 Å². The second-order valence-electron chi connectivity index (χ2n) is 13.0. The molecular weight excluding hydrogens is 589 g/mol. The van der Waals surface area contributed by atoms with E-state index < -0.39 is 11.1 Å². The van der Waals surface area contributed by atoms with Crippen molar-refractivity contribution in [3.63, 3.8) is 0 Å². The van der Waals surface area contributed by atoms with Gasteiger partial charge in [-0.1, -0.05) is 97.1 Å². The van der Waals surface area contributed by atoms with Crippen molar-refractivity contribution in [2.24, 2.45) is 11.5 Å². The van der Waals surface area contributed by atoms with Crippen LogP contribution in [-0.4, -0.2) is 31.0 Å². The third-order valence-electron chi connectivity index (χ3n) is 9.60. The topological polar surface area (TPSA) is 104 Å². The maximum absolute atomic E-state index is 7.79. The number of hydrogen-bond acceptors (Lipinski definition) is 6. The first-order chi connectivity index (χ1) is 23.4. The molecule has 0 aliphatic rings. The third-order valence-corrected chi connectivity index (χ3v) is 9.60. The largest absolute Gasteiger partial charge is 0.323 e. The zero-order chi connectivity index (χ0) is 32.6. The van der Waals surface area contributed by atoms with Gasteiger partial charge in [0.1, 0.15) is 0 Å². The molecule has 4 aromatic heterocycles. The van der Waals surface area contributed by atoms with Gasteiger partial charge in [0, 0.05) is 81.1 Å². The minimum absolute atomic E-state index is 0.435. The Hall–Kier alpha value is -5.56. The summed E-state index contributed by atoms with van der Waals surface area (Å²) in [6.07, 6.45) is 1.74. The number of para-hydroxylation sites is 4. The van der Waals surface area contributed by atoms with Crippen LogP contribution < -0.4 is 11.5 Å².